The molecule has 1 amide bonds. The Kier molecular flexibility index (Phi) is 4.04. The molecule has 0 fully saturated rings. The van der Waals surface area contributed by atoms with Crippen LogP contribution in [0.4, 0.5) is 0 Å². The Labute approximate surface area is 144 Å². The molecule has 1 aliphatic heterocycles. The Hall–Kier alpha value is -3.35. The van der Waals surface area contributed by atoms with E-state index in [1.807, 2.05) is 30.3 Å². The summed E-state index contributed by atoms with van der Waals surface area (Å²) in [6, 6.07) is 9.48. The first-order chi connectivity index (χ1) is 12.3. The van der Waals surface area contributed by atoms with E-state index in [0.717, 1.165) is 16.9 Å². The minimum atomic E-state index is -0.175. The van der Waals surface area contributed by atoms with Crippen molar-refractivity contribution in [1.29, 1.82) is 0 Å². The highest BCUT2D eigenvalue weighted by atomic mass is 16.7. The van der Waals surface area contributed by atoms with Crippen molar-refractivity contribution in [2.45, 2.75) is 13.1 Å². The van der Waals surface area contributed by atoms with Crippen LogP contribution in [0.2, 0.25) is 0 Å². The van der Waals surface area contributed by atoms with Crippen LogP contribution in [0.5, 0.6) is 11.5 Å². The number of carbonyl (C=O) groups is 1. The summed E-state index contributed by atoms with van der Waals surface area (Å²) in [5.41, 5.74) is 1.90. The molecule has 1 N–H and O–H groups in total. The first-order valence-corrected chi connectivity index (χ1v) is 7.86. The molecule has 0 bridgehead atoms. The fraction of sp³-hybridized carbons (Fsp3) is 0.167. The van der Waals surface area contributed by atoms with Gasteiger partial charge in [-0.05, 0) is 29.3 Å². The van der Waals surface area contributed by atoms with Crippen LogP contribution in [0.1, 0.15) is 21.7 Å². The molecule has 3 heterocycles. The zero-order chi connectivity index (χ0) is 17.1. The molecule has 1 aromatic carbocycles. The minimum absolute atomic E-state index is 0.175. The smallest absolute Gasteiger partial charge is 0.290 e. The number of hydrogen-bond acceptors (Lipinski definition) is 5. The van der Waals surface area contributed by atoms with Gasteiger partial charge < -0.3 is 19.4 Å². The molecule has 0 saturated carbocycles. The predicted octanol–water partition coefficient (Wildman–Crippen LogP) is 2.38. The average molecular weight is 336 g/mol. The Morgan fingerprint density at radius 1 is 1.12 bits per heavy atom. The molecule has 7 heteroatoms. The lowest BCUT2D eigenvalue weighted by molar-refractivity contribution is 0.0718. The quantitative estimate of drug-likeness (QED) is 0.774. The van der Waals surface area contributed by atoms with Crippen molar-refractivity contribution in [3.8, 4) is 11.5 Å². The van der Waals surface area contributed by atoms with E-state index in [-0.39, 0.29) is 12.7 Å². The van der Waals surface area contributed by atoms with Crippen molar-refractivity contribution in [2.75, 3.05) is 6.79 Å². The van der Waals surface area contributed by atoms with E-state index in [1.54, 1.807) is 29.7 Å². The maximum absolute atomic E-state index is 12.8. The number of nitrogens with zero attached hydrogens (tertiary/aromatic N) is 3. The third-order valence-electron chi connectivity index (χ3n) is 3.89. The lowest BCUT2D eigenvalue weighted by Crippen LogP contribution is -2.31. The molecule has 1 aliphatic rings. The summed E-state index contributed by atoms with van der Waals surface area (Å²) in [6.07, 6.45) is 6.66. The number of fused-ring (bicyclic) bond motifs is 1. The standard InChI is InChI=1S/C18H16N4O3/c23-18(17-20-6-7-21-17)22(11-14-2-1-5-19-9-14)10-13-3-4-15-16(8-13)25-12-24-15/h1-9H,10-12H2,(H,20,21). The van der Waals surface area contributed by atoms with Crippen LogP contribution in [0.3, 0.4) is 0 Å². The molecule has 3 aromatic rings. The van der Waals surface area contributed by atoms with Crippen molar-refractivity contribution >= 4 is 5.91 Å². The van der Waals surface area contributed by atoms with Gasteiger partial charge in [-0.15, -0.1) is 0 Å². The van der Waals surface area contributed by atoms with Crippen LogP contribution in [0.15, 0.2) is 55.1 Å². The fourth-order valence-corrected chi connectivity index (χ4v) is 2.70. The molecule has 0 atom stereocenters. The highest BCUT2D eigenvalue weighted by Crippen LogP contribution is 2.33. The number of aromatic amines is 1. The van der Waals surface area contributed by atoms with Gasteiger partial charge in [0, 0.05) is 37.9 Å². The summed E-state index contributed by atoms with van der Waals surface area (Å²) in [5, 5.41) is 0. The van der Waals surface area contributed by atoms with Crippen LogP contribution in [0.25, 0.3) is 0 Å². The SMILES string of the molecule is O=C(c1ncc[nH]1)N(Cc1cccnc1)Cc1ccc2c(c1)OCO2. The largest absolute Gasteiger partial charge is 0.454 e. The number of hydrogen-bond donors (Lipinski definition) is 1. The monoisotopic (exact) mass is 336 g/mol. The van der Waals surface area contributed by atoms with Crippen molar-refractivity contribution in [3.05, 3.63) is 72.1 Å². The van der Waals surface area contributed by atoms with Gasteiger partial charge >= 0.3 is 0 Å². The molecule has 0 unspecified atom stereocenters. The molecule has 25 heavy (non-hydrogen) atoms. The van der Waals surface area contributed by atoms with Gasteiger partial charge in [-0.3, -0.25) is 9.78 Å². The van der Waals surface area contributed by atoms with E-state index >= 15 is 0 Å². The van der Waals surface area contributed by atoms with Crippen LogP contribution < -0.4 is 9.47 Å². The van der Waals surface area contributed by atoms with E-state index in [1.165, 1.54) is 0 Å². The Morgan fingerprint density at radius 3 is 2.80 bits per heavy atom. The molecular weight excluding hydrogens is 320 g/mol. The number of pyridine rings is 1. The van der Waals surface area contributed by atoms with Crippen LogP contribution >= 0.6 is 0 Å². The maximum atomic E-state index is 12.8. The van der Waals surface area contributed by atoms with Gasteiger partial charge in [0.25, 0.3) is 5.91 Å². The molecule has 126 valence electrons. The number of ether oxygens (including phenoxy) is 2. The van der Waals surface area contributed by atoms with E-state index in [4.69, 9.17) is 9.47 Å². The molecule has 0 saturated heterocycles. The zero-order valence-electron chi connectivity index (χ0n) is 13.4. The fourth-order valence-electron chi connectivity index (χ4n) is 2.70. The van der Waals surface area contributed by atoms with Gasteiger partial charge in [0.2, 0.25) is 6.79 Å². The molecule has 7 nitrogen and oxygen atoms in total. The molecule has 0 spiro atoms. The number of amides is 1. The van der Waals surface area contributed by atoms with E-state index in [0.29, 0.717) is 24.7 Å². The maximum Gasteiger partial charge on any atom is 0.290 e. The molecular formula is C18H16N4O3. The van der Waals surface area contributed by atoms with Gasteiger partial charge in [-0.2, -0.15) is 0 Å². The number of H-pyrrole nitrogens is 1. The van der Waals surface area contributed by atoms with E-state index in [2.05, 4.69) is 15.0 Å². The highest BCUT2D eigenvalue weighted by molar-refractivity contribution is 5.90. The average Bonchev–Trinajstić information content (AvgIpc) is 3.33. The summed E-state index contributed by atoms with van der Waals surface area (Å²) < 4.78 is 10.8. The lowest BCUT2D eigenvalue weighted by Gasteiger charge is -2.22. The van der Waals surface area contributed by atoms with Gasteiger partial charge in [0.1, 0.15) is 0 Å². The van der Waals surface area contributed by atoms with Gasteiger partial charge in [0.05, 0.1) is 0 Å². The topological polar surface area (TPSA) is 80.3 Å². The van der Waals surface area contributed by atoms with E-state index in [9.17, 15) is 4.79 Å². The first kappa shape index (κ1) is 15.2. The summed E-state index contributed by atoms with van der Waals surface area (Å²) in [7, 11) is 0. The summed E-state index contributed by atoms with van der Waals surface area (Å²) in [4.78, 5) is 25.6. The van der Waals surface area contributed by atoms with Crippen molar-refractivity contribution in [2.24, 2.45) is 0 Å². The Bertz CT molecular complexity index is 865. The molecule has 0 aliphatic carbocycles. The van der Waals surface area contributed by atoms with Crippen molar-refractivity contribution < 1.29 is 14.3 Å². The van der Waals surface area contributed by atoms with Crippen molar-refractivity contribution in [3.63, 3.8) is 0 Å². The third kappa shape index (κ3) is 3.30. The second-order valence-electron chi connectivity index (χ2n) is 5.65. The number of benzene rings is 1. The third-order valence-corrected chi connectivity index (χ3v) is 3.89. The van der Waals surface area contributed by atoms with Gasteiger partial charge in [-0.1, -0.05) is 12.1 Å². The lowest BCUT2D eigenvalue weighted by atomic mass is 10.1. The van der Waals surface area contributed by atoms with Crippen molar-refractivity contribution in [1.82, 2.24) is 19.9 Å². The molecule has 0 radical (unpaired) electrons. The van der Waals surface area contributed by atoms with Crippen LogP contribution in [-0.2, 0) is 13.1 Å². The zero-order valence-corrected chi connectivity index (χ0v) is 13.4. The van der Waals surface area contributed by atoms with Crippen LogP contribution in [-0.4, -0.2) is 32.6 Å². The summed E-state index contributed by atoms with van der Waals surface area (Å²) >= 11 is 0. The summed E-state index contributed by atoms with van der Waals surface area (Å²) in [5.74, 6) is 1.56. The number of carbonyl (C=O) groups excluding carboxylic acids is 1. The number of imidazole rings is 1. The number of nitrogens with one attached hydrogen (secondary N) is 1. The normalized spacial score (nSPS) is 12.2. The first-order valence-electron chi connectivity index (χ1n) is 7.86. The number of rotatable bonds is 5. The molecule has 2 aromatic heterocycles. The van der Waals surface area contributed by atoms with Gasteiger partial charge in [0.15, 0.2) is 17.3 Å². The van der Waals surface area contributed by atoms with Crippen LogP contribution in [0, 0.1) is 0 Å². The molecule has 4 rings (SSSR count). The highest BCUT2D eigenvalue weighted by Gasteiger charge is 2.20. The minimum Gasteiger partial charge on any atom is -0.454 e. The Morgan fingerprint density at radius 2 is 2.00 bits per heavy atom. The second-order valence-corrected chi connectivity index (χ2v) is 5.65. The van der Waals surface area contributed by atoms with Gasteiger partial charge in [-0.25, -0.2) is 4.98 Å². The summed E-state index contributed by atoms with van der Waals surface area (Å²) in [6.45, 7) is 1.08. The Balaban J connectivity index is 1.59. The van der Waals surface area contributed by atoms with E-state index < -0.39 is 0 Å². The second kappa shape index (κ2) is 6.64. The predicted molar refractivity (Wildman–Crippen MR) is 89.0 cm³/mol. The number of aromatic nitrogens is 3.